The van der Waals surface area contributed by atoms with E-state index in [0.717, 1.165) is 57.6 Å². The van der Waals surface area contributed by atoms with Crippen molar-refractivity contribution in [3.05, 3.63) is 0 Å². The van der Waals surface area contributed by atoms with Gasteiger partial charge < -0.3 is 15.4 Å². The van der Waals surface area contributed by atoms with Crippen LogP contribution in [0.5, 0.6) is 0 Å². The Morgan fingerprint density at radius 2 is 1.91 bits per heavy atom. The van der Waals surface area contributed by atoms with Gasteiger partial charge in [-0.3, -0.25) is 9.89 Å². The van der Waals surface area contributed by atoms with Gasteiger partial charge in [-0.2, -0.15) is 0 Å². The summed E-state index contributed by atoms with van der Waals surface area (Å²) in [7, 11) is 0. The largest absolute Gasteiger partial charge is 0.381 e. The molecule has 3 aliphatic heterocycles. The molecule has 5 nitrogen and oxygen atoms in total. The predicted molar refractivity (Wildman–Crippen MR) is 90.1 cm³/mol. The number of hydrogen-bond acceptors (Lipinski definition) is 3. The standard InChI is InChI=1S/C17H32N4O/c1-15-5-4-8-20(13-15)16(18)19-14-17(6-11-22-12-7-17)21-9-2-3-10-21/h15H,2-14H2,1H3,(H2,18,19). The third-order valence-electron chi connectivity index (χ3n) is 5.72. The number of guanidine groups is 1. The van der Waals surface area contributed by atoms with Crippen molar-refractivity contribution < 1.29 is 4.74 Å². The Morgan fingerprint density at radius 3 is 2.59 bits per heavy atom. The van der Waals surface area contributed by atoms with Crippen LogP contribution in [-0.4, -0.2) is 67.2 Å². The van der Waals surface area contributed by atoms with Crippen LogP contribution in [-0.2, 0) is 4.74 Å². The molecule has 0 aromatic heterocycles. The zero-order chi connectivity index (χ0) is 15.4. The van der Waals surface area contributed by atoms with Gasteiger partial charge in [-0.1, -0.05) is 6.92 Å². The minimum Gasteiger partial charge on any atom is -0.381 e. The van der Waals surface area contributed by atoms with Crippen molar-refractivity contribution in [3.8, 4) is 0 Å². The molecule has 0 saturated carbocycles. The fraction of sp³-hybridized carbons (Fsp3) is 0.941. The van der Waals surface area contributed by atoms with Crippen LogP contribution in [0.15, 0.2) is 4.99 Å². The molecule has 126 valence electrons. The summed E-state index contributed by atoms with van der Waals surface area (Å²) < 4.78 is 5.60. The molecule has 22 heavy (non-hydrogen) atoms. The molecule has 0 aromatic rings. The number of hydrogen-bond donors (Lipinski definition) is 1. The number of piperidine rings is 1. The van der Waals surface area contributed by atoms with E-state index in [4.69, 9.17) is 15.5 Å². The minimum atomic E-state index is 0.195. The van der Waals surface area contributed by atoms with Gasteiger partial charge in [-0.15, -0.1) is 0 Å². The van der Waals surface area contributed by atoms with E-state index in [-0.39, 0.29) is 5.54 Å². The van der Waals surface area contributed by atoms with Gasteiger partial charge in [-0.05, 0) is 57.5 Å². The van der Waals surface area contributed by atoms with Gasteiger partial charge in [0.15, 0.2) is 5.96 Å². The van der Waals surface area contributed by atoms with Crippen molar-refractivity contribution in [3.63, 3.8) is 0 Å². The first-order valence-corrected chi connectivity index (χ1v) is 9.07. The molecule has 0 aliphatic carbocycles. The van der Waals surface area contributed by atoms with Gasteiger partial charge in [-0.25, -0.2) is 0 Å². The molecular formula is C17H32N4O. The first-order chi connectivity index (χ1) is 10.7. The summed E-state index contributed by atoms with van der Waals surface area (Å²) in [5.74, 6) is 1.50. The average Bonchev–Trinajstić information content (AvgIpc) is 3.09. The van der Waals surface area contributed by atoms with Crippen LogP contribution in [0.4, 0.5) is 0 Å². The Morgan fingerprint density at radius 1 is 1.18 bits per heavy atom. The highest BCUT2D eigenvalue weighted by atomic mass is 16.5. The molecule has 3 heterocycles. The number of nitrogens with two attached hydrogens (primary N) is 1. The third kappa shape index (κ3) is 3.57. The molecule has 0 radical (unpaired) electrons. The Kier molecular flexibility index (Phi) is 5.24. The maximum Gasteiger partial charge on any atom is 0.191 e. The fourth-order valence-electron chi connectivity index (χ4n) is 4.24. The van der Waals surface area contributed by atoms with Crippen LogP contribution < -0.4 is 5.73 Å². The zero-order valence-corrected chi connectivity index (χ0v) is 14.1. The van der Waals surface area contributed by atoms with E-state index in [1.165, 1.54) is 38.8 Å². The molecule has 0 amide bonds. The monoisotopic (exact) mass is 308 g/mol. The highest BCUT2D eigenvalue weighted by Gasteiger charge is 2.39. The summed E-state index contributed by atoms with van der Waals surface area (Å²) in [5, 5.41) is 0. The van der Waals surface area contributed by atoms with Crippen LogP contribution >= 0.6 is 0 Å². The van der Waals surface area contributed by atoms with E-state index < -0.39 is 0 Å². The highest BCUT2D eigenvalue weighted by molar-refractivity contribution is 5.78. The predicted octanol–water partition coefficient (Wildman–Crippen LogP) is 1.68. The number of rotatable bonds is 3. The molecule has 5 heteroatoms. The highest BCUT2D eigenvalue weighted by Crippen LogP contribution is 2.31. The summed E-state index contributed by atoms with van der Waals surface area (Å²) >= 11 is 0. The van der Waals surface area contributed by atoms with E-state index in [0.29, 0.717) is 0 Å². The maximum absolute atomic E-state index is 6.31. The summed E-state index contributed by atoms with van der Waals surface area (Å²) in [6, 6.07) is 0. The second kappa shape index (κ2) is 7.18. The van der Waals surface area contributed by atoms with Crippen LogP contribution in [0.1, 0.15) is 45.4 Å². The zero-order valence-electron chi connectivity index (χ0n) is 14.1. The number of likely N-dealkylation sites (tertiary alicyclic amines) is 2. The summed E-state index contributed by atoms with van der Waals surface area (Å²) in [4.78, 5) is 9.79. The van der Waals surface area contributed by atoms with Crippen molar-refractivity contribution in [1.29, 1.82) is 0 Å². The lowest BCUT2D eigenvalue weighted by atomic mass is 9.88. The summed E-state index contributed by atoms with van der Waals surface area (Å²) in [6.45, 7) is 9.46. The van der Waals surface area contributed by atoms with Crippen LogP contribution in [0, 0.1) is 5.92 Å². The molecule has 1 unspecified atom stereocenters. The first-order valence-electron chi connectivity index (χ1n) is 9.07. The second-order valence-corrected chi connectivity index (χ2v) is 7.40. The van der Waals surface area contributed by atoms with Crippen molar-refractivity contribution >= 4 is 5.96 Å². The molecule has 1 atom stereocenters. The van der Waals surface area contributed by atoms with Gasteiger partial charge in [0.05, 0.1) is 6.54 Å². The Hall–Kier alpha value is -0.810. The van der Waals surface area contributed by atoms with E-state index in [1.807, 2.05) is 0 Å². The fourth-order valence-corrected chi connectivity index (χ4v) is 4.24. The second-order valence-electron chi connectivity index (χ2n) is 7.40. The van der Waals surface area contributed by atoms with Gasteiger partial charge >= 0.3 is 0 Å². The first kappa shape index (κ1) is 16.1. The van der Waals surface area contributed by atoms with Crippen LogP contribution in [0.3, 0.4) is 0 Å². The van der Waals surface area contributed by atoms with Gasteiger partial charge in [0, 0.05) is 31.8 Å². The SMILES string of the molecule is CC1CCCN(C(N)=NCC2(N3CCCC3)CCOCC2)C1. The molecule has 0 spiro atoms. The van der Waals surface area contributed by atoms with Crippen molar-refractivity contribution in [2.24, 2.45) is 16.6 Å². The summed E-state index contributed by atoms with van der Waals surface area (Å²) in [5.41, 5.74) is 6.51. The lowest BCUT2D eigenvalue weighted by Gasteiger charge is -2.44. The normalized spacial score (nSPS) is 30.7. The Bertz CT molecular complexity index is 386. The topological polar surface area (TPSA) is 54.1 Å². The molecule has 0 aromatic carbocycles. The number of aliphatic imine (C=N–C) groups is 1. The van der Waals surface area contributed by atoms with E-state index in [9.17, 15) is 0 Å². The lowest BCUT2D eigenvalue weighted by Crippen LogP contribution is -2.54. The Balaban J connectivity index is 1.66. The van der Waals surface area contributed by atoms with E-state index >= 15 is 0 Å². The lowest BCUT2D eigenvalue weighted by molar-refractivity contribution is -0.0139. The maximum atomic E-state index is 6.31. The number of ether oxygens (including phenoxy) is 1. The smallest absolute Gasteiger partial charge is 0.191 e. The molecule has 0 bridgehead atoms. The molecule has 2 N–H and O–H groups in total. The van der Waals surface area contributed by atoms with Crippen molar-refractivity contribution in [2.75, 3.05) is 45.9 Å². The quantitative estimate of drug-likeness (QED) is 0.636. The Labute approximate surface area is 134 Å². The van der Waals surface area contributed by atoms with Crippen LogP contribution in [0.2, 0.25) is 0 Å². The molecule has 3 aliphatic rings. The molecule has 3 fully saturated rings. The van der Waals surface area contributed by atoms with Crippen LogP contribution in [0.25, 0.3) is 0 Å². The van der Waals surface area contributed by atoms with Crippen molar-refractivity contribution in [1.82, 2.24) is 9.80 Å². The van der Waals surface area contributed by atoms with Gasteiger partial charge in [0.25, 0.3) is 0 Å². The number of nitrogens with zero attached hydrogens (tertiary/aromatic N) is 3. The van der Waals surface area contributed by atoms with E-state index in [1.54, 1.807) is 0 Å². The molecular weight excluding hydrogens is 276 g/mol. The molecule has 3 saturated heterocycles. The van der Waals surface area contributed by atoms with Crippen molar-refractivity contribution in [2.45, 2.75) is 51.0 Å². The molecule has 3 rings (SSSR count). The van der Waals surface area contributed by atoms with Gasteiger partial charge in [0.2, 0.25) is 0 Å². The third-order valence-corrected chi connectivity index (χ3v) is 5.72. The van der Waals surface area contributed by atoms with E-state index in [2.05, 4.69) is 16.7 Å². The minimum absolute atomic E-state index is 0.195. The summed E-state index contributed by atoms with van der Waals surface area (Å²) in [6.07, 6.45) is 7.40. The van der Waals surface area contributed by atoms with Gasteiger partial charge in [0.1, 0.15) is 0 Å². The average molecular weight is 308 g/mol.